The highest BCUT2D eigenvalue weighted by Crippen LogP contribution is 2.14. The van der Waals surface area contributed by atoms with E-state index in [1.807, 2.05) is 0 Å². The van der Waals surface area contributed by atoms with Crippen molar-refractivity contribution >= 4 is 21.6 Å². The maximum absolute atomic E-state index is 11.1. The van der Waals surface area contributed by atoms with E-state index in [2.05, 4.69) is 0 Å². The number of primary sulfonamides is 1. The molecule has 0 spiro atoms. The molecule has 1 rings (SSSR count). The van der Waals surface area contributed by atoms with Crippen LogP contribution in [0.15, 0.2) is 29.2 Å². The fourth-order valence-corrected chi connectivity index (χ4v) is 2.10. The summed E-state index contributed by atoms with van der Waals surface area (Å²) in [6, 6.07) is 6.59. The van der Waals surface area contributed by atoms with Crippen LogP contribution >= 0.6 is 11.6 Å². The molecule has 1 aromatic rings. The average Bonchev–Trinajstić information content (AvgIpc) is 2.04. The summed E-state index contributed by atoms with van der Waals surface area (Å²) in [5, 5.41) is 5.02. The van der Waals surface area contributed by atoms with E-state index in [0.29, 0.717) is 17.9 Å². The molecule has 0 unspecified atom stereocenters. The van der Waals surface area contributed by atoms with E-state index < -0.39 is 10.0 Å². The van der Waals surface area contributed by atoms with Gasteiger partial charge in [-0.2, -0.15) is 0 Å². The maximum atomic E-state index is 11.1. The van der Waals surface area contributed by atoms with Crippen LogP contribution in [0.5, 0.6) is 0 Å². The third-order valence-corrected chi connectivity index (χ3v) is 2.84. The molecule has 0 amide bonds. The minimum Gasteiger partial charge on any atom is -0.225 e. The topological polar surface area (TPSA) is 60.2 Å². The van der Waals surface area contributed by atoms with Gasteiger partial charge in [0.25, 0.3) is 0 Å². The van der Waals surface area contributed by atoms with Crippen molar-refractivity contribution < 1.29 is 8.42 Å². The molecule has 0 atom stereocenters. The summed E-state index contributed by atoms with van der Waals surface area (Å²) < 4.78 is 22.1. The molecule has 72 valence electrons. The fourth-order valence-electron chi connectivity index (χ4n) is 1.09. The molecule has 0 aliphatic heterocycles. The molecule has 0 aliphatic rings. The third kappa shape index (κ3) is 2.69. The predicted molar refractivity (Wildman–Crippen MR) is 52.2 cm³/mol. The Hall–Kier alpha value is -0.580. The zero-order valence-corrected chi connectivity index (χ0v) is 8.48. The number of benzene rings is 1. The second-order valence-corrected chi connectivity index (χ2v) is 4.50. The number of sulfonamides is 1. The molecule has 3 nitrogen and oxygen atoms in total. The van der Waals surface area contributed by atoms with Crippen molar-refractivity contribution in [2.45, 2.75) is 11.3 Å². The third-order valence-electron chi connectivity index (χ3n) is 1.64. The minimum atomic E-state index is -3.61. The van der Waals surface area contributed by atoms with Gasteiger partial charge in [-0.1, -0.05) is 18.2 Å². The molecule has 2 N–H and O–H groups in total. The first-order valence-electron chi connectivity index (χ1n) is 3.72. The highest BCUT2D eigenvalue weighted by molar-refractivity contribution is 7.89. The van der Waals surface area contributed by atoms with Gasteiger partial charge in [-0.3, -0.25) is 0 Å². The van der Waals surface area contributed by atoms with Gasteiger partial charge in [-0.25, -0.2) is 13.6 Å². The lowest BCUT2D eigenvalue weighted by Gasteiger charge is -2.04. The SMILES string of the molecule is NS(=O)(=O)c1ccccc1CCCl. The Morgan fingerprint density at radius 2 is 1.92 bits per heavy atom. The Kier molecular flexibility index (Phi) is 3.30. The van der Waals surface area contributed by atoms with Gasteiger partial charge in [0.15, 0.2) is 0 Å². The summed E-state index contributed by atoms with van der Waals surface area (Å²) in [5.74, 6) is 0.381. The van der Waals surface area contributed by atoms with Crippen molar-refractivity contribution in [3.63, 3.8) is 0 Å². The van der Waals surface area contributed by atoms with Crippen LogP contribution < -0.4 is 5.14 Å². The van der Waals surface area contributed by atoms with Gasteiger partial charge in [0.2, 0.25) is 10.0 Å². The van der Waals surface area contributed by atoms with Crippen LogP contribution in [0.3, 0.4) is 0 Å². The van der Waals surface area contributed by atoms with E-state index in [4.69, 9.17) is 16.7 Å². The first-order chi connectivity index (χ1) is 6.05. The van der Waals surface area contributed by atoms with E-state index >= 15 is 0 Å². The summed E-state index contributed by atoms with van der Waals surface area (Å²) in [6.45, 7) is 0. The fraction of sp³-hybridized carbons (Fsp3) is 0.250. The Balaban J connectivity index is 3.20. The number of alkyl halides is 1. The van der Waals surface area contributed by atoms with Crippen LogP contribution in [0.4, 0.5) is 0 Å². The normalized spacial score (nSPS) is 11.5. The van der Waals surface area contributed by atoms with Crippen molar-refractivity contribution in [1.82, 2.24) is 0 Å². The summed E-state index contributed by atoms with van der Waals surface area (Å²) in [5.41, 5.74) is 0.667. The largest absolute Gasteiger partial charge is 0.238 e. The first-order valence-corrected chi connectivity index (χ1v) is 5.80. The van der Waals surface area contributed by atoms with Crippen LogP contribution in [0.1, 0.15) is 5.56 Å². The predicted octanol–water partition coefficient (Wildman–Crippen LogP) is 1.12. The number of halogens is 1. The van der Waals surface area contributed by atoms with Crippen molar-refractivity contribution in [3.8, 4) is 0 Å². The van der Waals surface area contributed by atoms with Crippen molar-refractivity contribution in [3.05, 3.63) is 29.8 Å². The van der Waals surface area contributed by atoms with Gasteiger partial charge in [-0.15, -0.1) is 11.6 Å². The van der Waals surface area contributed by atoms with Gasteiger partial charge in [0.05, 0.1) is 4.90 Å². The highest BCUT2D eigenvalue weighted by atomic mass is 35.5. The quantitative estimate of drug-likeness (QED) is 0.775. The number of hydrogen-bond acceptors (Lipinski definition) is 2. The van der Waals surface area contributed by atoms with Crippen molar-refractivity contribution in [2.24, 2.45) is 5.14 Å². The van der Waals surface area contributed by atoms with Crippen LogP contribution in [-0.4, -0.2) is 14.3 Å². The number of nitrogens with two attached hydrogens (primary N) is 1. The standard InChI is InChI=1S/C8H10ClNO2S/c9-6-5-7-3-1-2-4-8(7)13(10,11)12/h1-4H,5-6H2,(H2,10,11,12). The molecule has 0 aliphatic carbocycles. The Morgan fingerprint density at radius 1 is 1.31 bits per heavy atom. The monoisotopic (exact) mass is 219 g/mol. The van der Waals surface area contributed by atoms with E-state index in [1.54, 1.807) is 18.2 Å². The van der Waals surface area contributed by atoms with Crippen LogP contribution in [0.25, 0.3) is 0 Å². The van der Waals surface area contributed by atoms with Gasteiger partial charge in [0.1, 0.15) is 0 Å². The molecule has 0 radical (unpaired) electrons. The van der Waals surface area contributed by atoms with Crippen molar-refractivity contribution in [1.29, 1.82) is 0 Å². The molecule has 1 aromatic carbocycles. The summed E-state index contributed by atoms with van der Waals surface area (Å²) in [6.07, 6.45) is 0.508. The smallest absolute Gasteiger partial charge is 0.225 e. The first kappa shape index (κ1) is 10.5. The molecule has 0 saturated heterocycles. The van der Waals surface area contributed by atoms with E-state index in [-0.39, 0.29) is 4.90 Å². The minimum absolute atomic E-state index is 0.163. The number of aryl methyl sites for hydroxylation is 1. The Labute approximate surface area is 82.6 Å². The van der Waals surface area contributed by atoms with Crippen molar-refractivity contribution in [2.75, 3.05) is 5.88 Å². The summed E-state index contributed by atoms with van der Waals surface area (Å²) in [7, 11) is -3.61. The van der Waals surface area contributed by atoms with Gasteiger partial charge >= 0.3 is 0 Å². The lowest BCUT2D eigenvalue weighted by atomic mass is 10.2. The number of rotatable bonds is 3. The van der Waals surface area contributed by atoms with Crippen LogP contribution in [0.2, 0.25) is 0 Å². The molecule has 0 aromatic heterocycles. The lowest BCUT2D eigenvalue weighted by molar-refractivity contribution is 0.597. The maximum Gasteiger partial charge on any atom is 0.238 e. The van der Waals surface area contributed by atoms with Crippen LogP contribution in [-0.2, 0) is 16.4 Å². The molecule has 0 heterocycles. The average molecular weight is 220 g/mol. The summed E-state index contributed by atoms with van der Waals surface area (Å²) >= 11 is 5.52. The molecular formula is C8H10ClNO2S. The second-order valence-electron chi connectivity index (χ2n) is 2.59. The zero-order chi connectivity index (χ0) is 9.90. The molecule has 0 bridgehead atoms. The highest BCUT2D eigenvalue weighted by Gasteiger charge is 2.11. The number of hydrogen-bond donors (Lipinski definition) is 1. The Morgan fingerprint density at radius 3 is 2.46 bits per heavy atom. The molecule has 0 saturated carbocycles. The Bertz CT molecular complexity index is 389. The zero-order valence-electron chi connectivity index (χ0n) is 6.90. The van der Waals surface area contributed by atoms with E-state index in [9.17, 15) is 8.42 Å². The van der Waals surface area contributed by atoms with Gasteiger partial charge in [-0.05, 0) is 18.1 Å². The summed E-state index contributed by atoms with van der Waals surface area (Å²) in [4.78, 5) is 0.163. The van der Waals surface area contributed by atoms with E-state index in [0.717, 1.165) is 0 Å². The molecule has 5 heteroatoms. The molecule has 13 heavy (non-hydrogen) atoms. The molecular weight excluding hydrogens is 210 g/mol. The van der Waals surface area contributed by atoms with E-state index in [1.165, 1.54) is 6.07 Å². The lowest BCUT2D eigenvalue weighted by Crippen LogP contribution is -2.14. The van der Waals surface area contributed by atoms with Gasteiger partial charge < -0.3 is 0 Å². The molecule has 0 fully saturated rings. The van der Waals surface area contributed by atoms with Crippen LogP contribution in [0, 0.1) is 0 Å². The van der Waals surface area contributed by atoms with Gasteiger partial charge in [0, 0.05) is 5.88 Å². The second kappa shape index (κ2) is 4.09.